The van der Waals surface area contributed by atoms with Crippen LogP contribution in [0.4, 0.5) is 0 Å². The van der Waals surface area contributed by atoms with Gasteiger partial charge in [-0.05, 0) is 37.1 Å². The van der Waals surface area contributed by atoms with Gasteiger partial charge in [-0.3, -0.25) is 4.79 Å². The van der Waals surface area contributed by atoms with Gasteiger partial charge in [0.2, 0.25) is 0 Å². The molecule has 0 heterocycles. The van der Waals surface area contributed by atoms with Gasteiger partial charge in [-0.2, -0.15) is 0 Å². The van der Waals surface area contributed by atoms with Crippen molar-refractivity contribution in [3.05, 3.63) is 29.3 Å². The first-order valence-electron chi connectivity index (χ1n) is 6.48. The average Bonchev–Trinajstić information content (AvgIpc) is 2.28. The lowest BCUT2D eigenvalue weighted by molar-refractivity contribution is 0.0978. The van der Waals surface area contributed by atoms with Gasteiger partial charge in [0.25, 0.3) is 0 Å². The SMILES string of the molecule is CCCCCCCC(=O)c1ccc(O)cc1C. The highest BCUT2D eigenvalue weighted by atomic mass is 16.3. The van der Waals surface area contributed by atoms with Crippen molar-refractivity contribution in [2.45, 2.75) is 52.4 Å². The molecule has 0 spiro atoms. The quantitative estimate of drug-likeness (QED) is 0.566. The van der Waals surface area contributed by atoms with Crippen LogP contribution in [0.2, 0.25) is 0 Å². The third-order valence-corrected chi connectivity index (χ3v) is 3.02. The van der Waals surface area contributed by atoms with Crippen LogP contribution in [0.25, 0.3) is 0 Å². The Bertz CT molecular complexity index is 369. The fourth-order valence-electron chi connectivity index (χ4n) is 1.98. The molecule has 0 amide bonds. The molecule has 0 bridgehead atoms. The first-order valence-corrected chi connectivity index (χ1v) is 6.48. The molecule has 0 unspecified atom stereocenters. The summed E-state index contributed by atoms with van der Waals surface area (Å²) in [6, 6.07) is 4.95. The van der Waals surface area contributed by atoms with Gasteiger partial charge in [0.1, 0.15) is 5.75 Å². The highest BCUT2D eigenvalue weighted by Crippen LogP contribution is 2.18. The molecule has 0 atom stereocenters. The number of unbranched alkanes of at least 4 members (excludes halogenated alkanes) is 4. The van der Waals surface area contributed by atoms with Crippen LogP contribution in [0.15, 0.2) is 18.2 Å². The number of Topliss-reactive ketones (excluding diaryl/α,β-unsaturated/α-hetero) is 1. The summed E-state index contributed by atoms with van der Waals surface area (Å²) in [5.74, 6) is 0.418. The lowest BCUT2D eigenvalue weighted by atomic mass is 10.00. The molecule has 0 aliphatic rings. The third kappa shape index (κ3) is 4.59. The van der Waals surface area contributed by atoms with E-state index in [2.05, 4.69) is 6.92 Å². The minimum Gasteiger partial charge on any atom is -0.508 e. The van der Waals surface area contributed by atoms with E-state index in [0.717, 1.165) is 24.0 Å². The molecule has 0 aliphatic heterocycles. The molecule has 0 saturated carbocycles. The summed E-state index contributed by atoms with van der Waals surface area (Å²) < 4.78 is 0. The molecule has 0 aromatic heterocycles. The van der Waals surface area contributed by atoms with Crippen molar-refractivity contribution < 1.29 is 9.90 Å². The van der Waals surface area contributed by atoms with Crippen LogP contribution in [-0.4, -0.2) is 10.9 Å². The van der Waals surface area contributed by atoms with Crippen molar-refractivity contribution in [1.82, 2.24) is 0 Å². The molecule has 1 rings (SSSR count). The largest absolute Gasteiger partial charge is 0.508 e. The second-order valence-corrected chi connectivity index (χ2v) is 4.59. The lowest BCUT2D eigenvalue weighted by Gasteiger charge is -2.05. The highest BCUT2D eigenvalue weighted by Gasteiger charge is 2.08. The normalized spacial score (nSPS) is 10.5. The topological polar surface area (TPSA) is 37.3 Å². The zero-order valence-electron chi connectivity index (χ0n) is 10.8. The Morgan fingerprint density at radius 3 is 2.53 bits per heavy atom. The molecule has 0 fully saturated rings. The molecule has 0 radical (unpaired) electrons. The van der Waals surface area contributed by atoms with Crippen molar-refractivity contribution in [3.63, 3.8) is 0 Å². The number of aromatic hydroxyl groups is 1. The Morgan fingerprint density at radius 2 is 1.88 bits per heavy atom. The first-order chi connectivity index (χ1) is 8.15. The predicted molar refractivity (Wildman–Crippen MR) is 70.6 cm³/mol. The van der Waals surface area contributed by atoms with Crippen LogP contribution < -0.4 is 0 Å². The van der Waals surface area contributed by atoms with E-state index in [0.29, 0.717) is 6.42 Å². The Kier molecular flexibility index (Phi) is 5.75. The fourth-order valence-corrected chi connectivity index (χ4v) is 1.98. The maximum atomic E-state index is 11.9. The smallest absolute Gasteiger partial charge is 0.163 e. The number of phenols is 1. The number of phenolic OH excluding ortho intramolecular Hbond substituents is 1. The molecule has 2 nitrogen and oxygen atoms in total. The molecular formula is C15H22O2. The van der Waals surface area contributed by atoms with Crippen molar-refractivity contribution in [3.8, 4) is 5.75 Å². The second kappa shape index (κ2) is 7.10. The number of benzene rings is 1. The van der Waals surface area contributed by atoms with Crippen LogP contribution in [0.1, 0.15) is 61.4 Å². The van der Waals surface area contributed by atoms with Crippen molar-refractivity contribution in [1.29, 1.82) is 0 Å². The molecule has 0 saturated heterocycles. The van der Waals surface area contributed by atoms with Crippen LogP contribution >= 0.6 is 0 Å². The van der Waals surface area contributed by atoms with Gasteiger partial charge < -0.3 is 5.11 Å². The van der Waals surface area contributed by atoms with Gasteiger partial charge in [0.05, 0.1) is 0 Å². The van der Waals surface area contributed by atoms with E-state index in [1.165, 1.54) is 19.3 Å². The van der Waals surface area contributed by atoms with E-state index >= 15 is 0 Å². The summed E-state index contributed by atoms with van der Waals surface area (Å²) in [5.41, 5.74) is 1.61. The Hall–Kier alpha value is -1.31. The molecule has 1 aromatic carbocycles. The lowest BCUT2D eigenvalue weighted by Crippen LogP contribution is -2.01. The van der Waals surface area contributed by atoms with Gasteiger partial charge >= 0.3 is 0 Å². The summed E-state index contributed by atoms with van der Waals surface area (Å²) in [7, 11) is 0. The molecule has 1 N–H and O–H groups in total. The average molecular weight is 234 g/mol. The highest BCUT2D eigenvalue weighted by molar-refractivity contribution is 5.97. The fraction of sp³-hybridized carbons (Fsp3) is 0.533. The summed E-state index contributed by atoms with van der Waals surface area (Å²) >= 11 is 0. The van der Waals surface area contributed by atoms with E-state index in [-0.39, 0.29) is 11.5 Å². The zero-order valence-corrected chi connectivity index (χ0v) is 10.8. The predicted octanol–water partition coefficient (Wildman–Crippen LogP) is 4.24. The van der Waals surface area contributed by atoms with E-state index < -0.39 is 0 Å². The van der Waals surface area contributed by atoms with Crippen LogP contribution in [-0.2, 0) is 0 Å². The number of hydrogen-bond donors (Lipinski definition) is 1. The minimum absolute atomic E-state index is 0.194. The standard InChI is InChI=1S/C15H22O2/c1-3-4-5-6-7-8-15(17)14-10-9-13(16)11-12(14)2/h9-11,16H,3-8H2,1-2H3. The van der Waals surface area contributed by atoms with Crippen molar-refractivity contribution in [2.24, 2.45) is 0 Å². The molecule has 94 valence electrons. The van der Waals surface area contributed by atoms with Crippen molar-refractivity contribution >= 4 is 5.78 Å². The van der Waals surface area contributed by atoms with Gasteiger partial charge in [-0.25, -0.2) is 0 Å². The monoisotopic (exact) mass is 234 g/mol. The molecule has 17 heavy (non-hydrogen) atoms. The Labute approximate surface area is 104 Å². The van der Waals surface area contributed by atoms with E-state index in [1.807, 2.05) is 6.92 Å². The molecule has 1 aromatic rings. The summed E-state index contributed by atoms with van der Waals surface area (Å²) in [6.45, 7) is 4.05. The molecule has 2 heteroatoms. The van der Waals surface area contributed by atoms with Crippen LogP contribution in [0.3, 0.4) is 0 Å². The number of rotatable bonds is 7. The van der Waals surface area contributed by atoms with Gasteiger partial charge in [0, 0.05) is 12.0 Å². The van der Waals surface area contributed by atoms with E-state index in [9.17, 15) is 9.90 Å². The van der Waals surface area contributed by atoms with Gasteiger partial charge in [-0.1, -0.05) is 32.6 Å². The Morgan fingerprint density at radius 1 is 1.18 bits per heavy atom. The van der Waals surface area contributed by atoms with Gasteiger partial charge in [-0.15, -0.1) is 0 Å². The van der Waals surface area contributed by atoms with Crippen LogP contribution in [0.5, 0.6) is 5.75 Å². The first kappa shape index (κ1) is 13.8. The van der Waals surface area contributed by atoms with E-state index in [4.69, 9.17) is 0 Å². The third-order valence-electron chi connectivity index (χ3n) is 3.02. The zero-order chi connectivity index (χ0) is 12.7. The van der Waals surface area contributed by atoms with Gasteiger partial charge in [0.15, 0.2) is 5.78 Å². The van der Waals surface area contributed by atoms with Crippen molar-refractivity contribution in [2.75, 3.05) is 0 Å². The second-order valence-electron chi connectivity index (χ2n) is 4.59. The molecular weight excluding hydrogens is 212 g/mol. The maximum Gasteiger partial charge on any atom is 0.163 e. The summed E-state index contributed by atoms with van der Waals surface area (Å²) in [6.07, 6.45) is 6.43. The number of carbonyl (C=O) groups excluding carboxylic acids is 1. The number of carbonyl (C=O) groups is 1. The van der Waals surface area contributed by atoms with Crippen LogP contribution in [0, 0.1) is 6.92 Å². The Balaban J connectivity index is 2.42. The maximum absolute atomic E-state index is 11.9. The number of aryl methyl sites for hydroxylation is 1. The minimum atomic E-state index is 0.194. The number of ketones is 1. The summed E-state index contributed by atoms with van der Waals surface area (Å²) in [5, 5.41) is 9.28. The summed E-state index contributed by atoms with van der Waals surface area (Å²) in [4.78, 5) is 11.9. The van der Waals surface area contributed by atoms with E-state index in [1.54, 1.807) is 18.2 Å². The number of hydrogen-bond acceptors (Lipinski definition) is 2. The molecule has 0 aliphatic carbocycles.